The lowest BCUT2D eigenvalue weighted by Crippen LogP contribution is -2.40. The molecule has 3 aliphatic rings. The van der Waals surface area contributed by atoms with Crippen LogP contribution in [0.25, 0.3) is 0 Å². The standard InChI is InChI=1S/C19H22BrNO3/c1-3-9-6-5-7-10(4-2)16(9)21-18(22)13-11-8-12-14(13)19(23)24-17(12)15(11)20/h5-7,11-15,17H,3-4,8H2,1-2H3,(H,21,22). The van der Waals surface area contributed by atoms with Gasteiger partial charge in [0.05, 0.1) is 16.7 Å². The van der Waals surface area contributed by atoms with Crippen molar-refractivity contribution < 1.29 is 14.3 Å². The number of anilines is 1. The first-order valence-corrected chi connectivity index (χ1v) is 9.74. The van der Waals surface area contributed by atoms with Gasteiger partial charge < -0.3 is 10.1 Å². The van der Waals surface area contributed by atoms with E-state index in [4.69, 9.17) is 4.74 Å². The normalized spacial score (nSPS) is 36.0. The van der Waals surface area contributed by atoms with Crippen LogP contribution in [0.5, 0.6) is 0 Å². The Morgan fingerprint density at radius 3 is 2.54 bits per heavy atom. The fraction of sp³-hybridized carbons (Fsp3) is 0.579. The van der Waals surface area contributed by atoms with Crippen molar-refractivity contribution in [2.24, 2.45) is 23.7 Å². The van der Waals surface area contributed by atoms with Crippen LogP contribution in [-0.2, 0) is 27.2 Å². The van der Waals surface area contributed by atoms with Gasteiger partial charge in [0.15, 0.2) is 0 Å². The molecule has 2 aliphatic carbocycles. The van der Waals surface area contributed by atoms with E-state index in [1.165, 1.54) is 0 Å². The maximum absolute atomic E-state index is 13.1. The lowest BCUT2D eigenvalue weighted by atomic mass is 9.79. The molecule has 128 valence electrons. The Bertz CT molecular complexity index is 682. The fourth-order valence-electron chi connectivity index (χ4n) is 4.94. The van der Waals surface area contributed by atoms with Gasteiger partial charge in [-0.2, -0.15) is 0 Å². The first-order chi connectivity index (χ1) is 11.6. The number of hydrogen-bond acceptors (Lipinski definition) is 3. The van der Waals surface area contributed by atoms with Crippen LogP contribution in [-0.4, -0.2) is 22.8 Å². The number of nitrogens with one attached hydrogen (secondary N) is 1. The summed E-state index contributed by atoms with van der Waals surface area (Å²) in [4.78, 5) is 25.4. The van der Waals surface area contributed by atoms with Crippen molar-refractivity contribution in [2.45, 2.75) is 44.0 Å². The number of amides is 1. The van der Waals surface area contributed by atoms with Gasteiger partial charge in [-0.3, -0.25) is 9.59 Å². The van der Waals surface area contributed by atoms with Gasteiger partial charge in [0, 0.05) is 11.6 Å². The molecular formula is C19H22BrNO3. The molecule has 5 heteroatoms. The largest absolute Gasteiger partial charge is 0.461 e. The summed E-state index contributed by atoms with van der Waals surface area (Å²) in [6, 6.07) is 6.16. The second-order valence-electron chi connectivity index (χ2n) is 7.11. The lowest BCUT2D eigenvalue weighted by molar-refractivity contribution is -0.145. The highest BCUT2D eigenvalue weighted by atomic mass is 79.9. The molecule has 1 N–H and O–H groups in total. The third-order valence-electron chi connectivity index (χ3n) is 6.07. The molecule has 6 unspecified atom stereocenters. The van der Waals surface area contributed by atoms with E-state index in [0.717, 1.165) is 36.1 Å². The summed E-state index contributed by atoms with van der Waals surface area (Å²) in [6.07, 6.45) is 2.61. The molecule has 0 spiro atoms. The van der Waals surface area contributed by atoms with Gasteiger partial charge in [0.25, 0.3) is 0 Å². The minimum absolute atomic E-state index is 0.0233. The van der Waals surface area contributed by atoms with E-state index in [2.05, 4.69) is 47.2 Å². The van der Waals surface area contributed by atoms with E-state index in [9.17, 15) is 9.59 Å². The molecule has 0 radical (unpaired) electrons. The number of carbonyl (C=O) groups is 2. The number of halogens is 1. The van der Waals surface area contributed by atoms with E-state index in [1.807, 2.05) is 6.07 Å². The molecule has 24 heavy (non-hydrogen) atoms. The zero-order valence-electron chi connectivity index (χ0n) is 13.9. The molecule has 1 saturated heterocycles. The average molecular weight is 392 g/mol. The van der Waals surface area contributed by atoms with Crippen LogP contribution >= 0.6 is 15.9 Å². The molecular weight excluding hydrogens is 370 g/mol. The number of esters is 1. The number of rotatable bonds is 4. The van der Waals surface area contributed by atoms with Crippen molar-refractivity contribution in [3.8, 4) is 0 Å². The third kappa shape index (κ3) is 2.17. The number of benzene rings is 1. The van der Waals surface area contributed by atoms with Crippen LogP contribution in [0, 0.1) is 23.7 Å². The summed E-state index contributed by atoms with van der Waals surface area (Å²) < 4.78 is 5.51. The van der Waals surface area contributed by atoms with Crippen LogP contribution < -0.4 is 5.32 Å². The molecule has 2 bridgehead atoms. The van der Waals surface area contributed by atoms with Crippen molar-refractivity contribution in [3.05, 3.63) is 29.3 Å². The summed E-state index contributed by atoms with van der Waals surface area (Å²) in [7, 11) is 0. The first kappa shape index (κ1) is 16.1. The van der Waals surface area contributed by atoms with E-state index in [0.29, 0.717) is 0 Å². The topological polar surface area (TPSA) is 55.4 Å². The SMILES string of the molecule is CCc1cccc(CC)c1NC(=O)C1C2CC3C(OC(=O)C31)C2Br. The fourth-order valence-corrected chi connectivity index (χ4v) is 5.98. The summed E-state index contributed by atoms with van der Waals surface area (Å²) in [5.74, 6) is -0.350. The number of alkyl halides is 1. The van der Waals surface area contributed by atoms with E-state index in [-0.39, 0.29) is 46.5 Å². The van der Waals surface area contributed by atoms with Gasteiger partial charge in [-0.1, -0.05) is 48.0 Å². The summed E-state index contributed by atoms with van der Waals surface area (Å²) in [5.41, 5.74) is 3.23. The number of para-hydroxylation sites is 1. The van der Waals surface area contributed by atoms with Crippen molar-refractivity contribution >= 4 is 33.5 Å². The van der Waals surface area contributed by atoms with Gasteiger partial charge in [-0.05, 0) is 36.3 Å². The highest BCUT2D eigenvalue weighted by molar-refractivity contribution is 9.09. The van der Waals surface area contributed by atoms with Gasteiger partial charge in [-0.25, -0.2) is 0 Å². The summed E-state index contributed by atoms with van der Waals surface area (Å²) in [5, 5.41) is 3.16. The van der Waals surface area contributed by atoms with E-state index < -0.39 is 0 Å². The molecule has 4 rings (SSSR count). The molecule has 4 nitrogen and oxygen atoms in total. The molecule has 2 saturated carbocycles. The lowest BCUT2D eigenvalue weighted by Gasteiger charge is -2.28. The highest BCUT2D eigenvalue weighted by Gasteiger charge is 2.67. The Labute approximate surface area is 150 Å². The Balaban J connectivity index is 1.63. The van der Waals surface area contributed by atoms with Gasteiger partial charge in [0.2, 0.25) is 5.91 Å². The minimum Gasteiger partial charge on any atom is -0.461 e. The number of carbonyl (C=O) groups excluding carboxylic acids is 2. The zero-order chi connectivity index (χ0) is 17.0. The van der Waals surface area contributed by atoms with Gasteiger partial charge in [0.1, 0.15) is 6.10 Å². The van der Waals surface area contributed by atoms with Crippen LogP contribution in [0.3, 0.4) is 0 Å². The van der Waals surface area contributed by atoms with Gasteiger partial charge in [-0.15, -0.1) is 0 Å². The molecule has 1 aliphatic heterocycles. The van der Waals surface area contributed by atoms with E-state index >= 15 is 0 Å². The second-order valence-corrected chi connectivity index (χ2v) is 8.17. The Kier molecular flexibility index (Phi) is 3.94. The number of ether oxygens (including phenoxy) is 1. The van der Waals surface area contributed by atoms with Gasteiger partial charge >= 0.3 is 5.97 Å². The number of aryl methyl sites for hydroxylation is 2. The minimum atomic E-state index is -0.278. The Hall–Kier alpha value is -1.36. The maximum atomic E-state index is 13.1. The molecule has 1 heterocycles. The first-order valence-electron chi connectivity index (χ1n) is 8.83. The monoisotopic (exact) mass is 391 g/mol. The molecule has 1 aromatic carbocycles. The van der Waals surface area contributed by atoms with Crippen LogP contribution in [0.15, 0.2) is 18.2 Å². The van der Waals surface area contributed by atoms with Crippen molar-refractivity contribution in [2.75, 3.05) is 5.32 Å². The molecule has 0 aromatic heterocycles. The molecule has 6 atom stereocenters. The van der Waals surface area contributed by atoms with Crippen LogP contribution in [0.1, 0.15) is 31.4 Å². The molecule has 1 aromatic rings. The highest BCUT2D eigenvalue weighted by Crippen LogP contribution is 2.60. The van der Waals surface area contributed by atoms with Crippen molar-refractivity contribution in [1.82, 2.24) is 0 Å². The average Bonchev–Trinajstić information content (AvgIpc) is 3.19. The quantitative estimate of drug-likeness (QED) is 0.632. The van der Waals surface area contributed by atoms with E-state index in [1.54, 1.807) is 0 Å². The predicted molar refractivity (Wildman–Crippen MR) is 95.0 cm³/mol. The maximum Gasteiger partial charge on any atom is 0.310 e. The molecule has 1 amide bonds. The predicted octanol–water partition coefficient (Wildman–Crippen LogP) is 3.32. The van der Waals surface area contributed by atoms with Crippen molar-refractivity contribution in [1.29, 1.82) is 0 Å². The van der Waals surface area contributed by atoms with Crippen LogP contribution in [0.4, 0.5) is 5.69 Å². The zero-order valence-corrected chi connectivity index (χ0v) is 15.5. The second kappa shape index (κ2) is 5.87. The van der Waals surface area contributed by atoms with Crippen molar-refractivity contribution in [3.63, 3.8) is 0 Å². The van der Waals surface area contributed by atoms with Crippen LogP contribution in [0.2, 0.25) is 0 Å². The number of fused-ring (bicyclic) bond motifs is 1. The third-order valence-corrected chi connectivity index (χ3v) is 7.27. The Morgan fingerprint density at radius 2 is 1.92 bits per heavy atom. The summed E-state index contributed by atoms with van der Waals surface area (Å²) in [6.45, 7) is 4.19. The Morgan fingerprint density at radius 1 is 1.25 bits per heavy atom. The number of hydrogen-bond donors (Lipinski definition) is 1. The smallest absolute Gasteiger partial charge is 0.310 e. The summed E-state index contributed by atoms with van der Waals surface area (Å²) >= 11 is 3.67. The molecule has 3 fully saturated rings.